The number of fused-ring (bicyclic) bond motifs is 13. The van der Waals surface area contributed by atoms with E-state index in [0.29, 0.717) is 34.4 Å². The second kappa shape index (κ2) is 15.6. The second-order valence-corrected chi connectivity index (χ2v) is 17.9. The monoisotopic (exact) mass is 762 g/mol. The molecule has 0 saturated heterocycles. The van der Waals surface area contributed by atoms with Crippen molar-refractivity contribution in [3.05, 3.63) is 32.2 Å². The van der Waals surface area contributed by atoms with Crippen LogP contribution in [0.15, 0.2) is 20.7 Å². The summed E-state index contributed by atoms with van der Waals surface area (Å²) in [6, 6.07) is -3.99. The highest BCUT2D eigenvalue weighted by Crippen LogP contribution is 2.31. The van der Waals surface area contributed by atoms with E-state index in [-0.39, 0.29) is 46.8 Å². The van der Waals surface area contributed by atoms with Crippen LogP contribution in [0.4, 0.5) is 0 Å². The number of ether oxygens (including phenoxy) is 2. The Bertz CT molecular complexity index is 1560. The molecule has 4 N–H and O–H groups in total. The van der Waals surface area contributed by atoms with E-state index in [9.17, 15) is 19.2 Å². The number of carbonyl (C=O) groups excluding carboxylic acids is 4. The zero-order valence-electron chi connectivity index (χ0n) is 28.6. The first kappa shape index (κ1) is 36.6. The van der Waals surface area contributed by atoms with E-state index in [4.69, 9.17) is 19.5 Å². The number of carbonyl (C=O) groups is 4. The van der Waals surface area contributed by atoms with Gasteiger partial charge >= 0.3 is 0 Å². The second-order valence-electron chi connectivity index (χ2n) is 13.6. The van der Waals surface area contributed by atoms with Crippen LogP contribution in [0.2, 0.25) is 0 Å². The van der Waals surface area contributed by atoms with E-state index in [0.717, 1.165) is 0 Å². The van der Waals surface area contributed by atoms with Gasteiger partial charge in [0.25, 0.3) is 11.8 Å². The summed E-state index contributed by atoms with van der Waals surface area (Å²) in [6.45, 7) is 11.8. The van der Waals surface area contributed by atoms with Crippen LogP contribution in [-0.2, 0) is 19.1 Å². The predicted molar refractivity (Wildman–Crippen MR) is 196 cm³/mol. The van der Waals surface area contributed by atoms with Crippen molar-refractivity contribution in [3.8, 4) is 0 Å². The minimum atomic E-state index is -0.847. The van der Waals surface area contributed by atoms with Crippen molar-refractivity contribution in [2.45, 2.75) is 103 Å². The van der Waals surface area contributed by atoms with E-state index in [2.05, 4.69) is 31.2 Å². The molecule has 10 bridgehead atoms. The highest BCUT2D eigenvalue weighted by Gasteiger charge is 2.41. The molecular formula is C32H42N8O6S4. The van der Waals surface area contributed by atoms with E-state index < -0.39 is 60.3 Å². The molecular weight excluding hydrogens is 721 g/mol. The molecule has 4 amide bonds. The summed E-state index contributed by atoms with van der Waals surface area (Å²) in [5.74, 6) is 0.109. The van der Waals surface area contributed by atoms with Gasteiger partial charge in [-0.25, -0.2) is 20.0 Å². The highest BCUT2D eigenvalue weighted by atomic mass is 33.1. The van der Waals surface area contributed by atoms with Crippen LogP contribution in [-0.4, -0.2) is 93.3 Å². The Morgan fingerprint density at radius 3 is 1.46 bits per heavy atom. The normalized spacial score (nSPS) is 30.6. The van der Waals surface area contributed by atoms with E-state index in [1.54, 1.807) is 24.6 Å². The molecule has 0 spiro atoms. The lowest BCUT2D eigenvalue weighted by Crippen LogP contribution is -2.44. The number of hydrogen-bond acceptors (Lipinski definition) is 14. The van der Waals surface area contributed by atoms with Crippen LogP contribution in [0.5, 0.6) is 0 Å². The molecule has 0 aliphatic carbocycles. The topological polar surface area (TPSA) is 185 Å². The molecule has 0 saturated carbocycles. The maximum atomic E-state index is 13.7. The fourth-order valence-corrected chi connectivity index (χ4v) is 10.0. The third kappa shape index (κ3) is 8.29. The molecule has 8 atom stereocenters. The van der Waals surface area contributed by atoms with E-state index >= 15 is 0 Å². The number of nitrogens with one attached hydrogen (secondary N) is 4. The standard InChI is InChI=1S/C32H42N8O6S4/c1-13(2)7-17-31-37-19(9-47-31)25(41)35-22-12-50-49-11-21(29-39-23(15(5)45-29)27(43)33-17)36-26(42)20-10-48-32(38-20)18(8-14(3)4)34-28(44)24-16(6)46-30(22)40-24/h9-10,13-18,21-24H,7-8,11-12H2,1-6H3,(H,33,43)(H,34,44)(H,35,41)(H,36,42)/t15-,16-,17-,18-,21-,22-,23+,24+/m1/s1. The largest absolute Gasteiger partial charge is 0.474 e. The van der Waals surface area contributed by atoms with Crippen molar-refractivity contribution in [2.75, 3.05) is 11.5 Å². The number of amides is 4. The molecule has 270 valence electrons. The van der Waals surface area contributed by atoms with Crippen LogP contribution >= 0.6 is 44.3 Å². The van der Waals surface area contributed by atoms with Crippen LogP contribution in [0.1, 0.15) is 97.5 Å². The Kier molecular flexibility index (Phi) is 11.4. The Morgan fingerprint density at radius 2 is 1.08 bits per heavy atom. The maximum Gasteiger partial charge on any atom is 0.271 e. The predicted octanol–water partition coefficient (Wildman–Crippen LogP) is 3.68. The molecule has 2 aromatic rings. The number of nitrogens with zero attached hydrogens (tertiary/aromatic N) is 4. The summed E-state index contributed by atoms with van der Waals surface area (Å²) in [7, 11) is 2.86. The van der Waals surface area contributed by atoms with E-state index in [1.165, 1.54) is 44.3 Å². The van der Waals surface area contributed by atoms with Crippen molar-refractivity contribution in [1.29, 1.82) is 0 Å². The van der Waals surface area contributed by atoms with Gasteiger partial charge in [0.15, 0.2) is 12.1 Å². The summed E-state index contributed by atoms with van der Waals surface area (Å²) in [5, 5.41) is 16.8. The molecule has 0 aromatic carbocycles. The van der Waals surface area contributed by atoms with Crippen molar-refractivity contribution in [1.82, 2.24) is 31.2 Å². The first-order chi connectivity index (χ1) is 23.9. The van der Waals surface area contributed by atoms with Crippen LogP contribution in [0.25, 0.3) is 0 Å². The zero-order chi connectivity index (χ0) is 35.7. The van der Waals surface area contributed by atoms with Crippen molar-refractivity contribution in [2.24, 2.45) is 21.8 Å². The van der Waals surface area contributed by atoms with Gasteiger partial charge in [0, 0.05) is 22.3 Å². The van der Waals surface area contributed by atoms with Gasteiger partial charge in [-0.1, -0.05) is 49.3 Å². The Labute approximate surface area is 306 Å². The molecule has 6 heterocycles. The van der Waals surface area contributed by atoms with Crippen LogP contribution in [0, 0.1) is 11.8 Å². The Hall–Kier alpha value is -3.22. The first-order valence-corrected chi connectivity index (χ1v) is 21.0. The minimum absolute atomic E-state index is 0.208. The summed E-state index contributed by atoms with van der Waals surface area (Å²) in [6.07, 6.45) is 0.0196. The van der Waals surface area contributed by atoms with E-state index in [1.807, 2.05) is 27.7 Å². The van der Waals surface area contributed by atoms with Crippen molar-refractivity contribution < 1.29 is 28.7 Å². The van der Waals surface area contributed by atoms with Gasteiger partial charge in [-0.2, -0.15) is 0 Å². The summed E-state index contributed by atoms with van der Waals surface area (Å²) < 4.78 is 12.3. The zero-order valence-corrected chi connectivity index (χ0v) is 31.9. The molecule has 0 radical (unpaired) electrons. The fraction of sp³-hybridized carbons (Fsp3) is 0.625. The average Bonchev–Trinajstić information content (AvgIpc) is 3.86. The molecule has 14 nitrogen and oxygen atoms in total. The summed E-state index contributed by atoms with van der Waals surface area (Å²) in [5.41, 5.74) is 0.415. The smallest absolute Gasteiger partial charge is 0.271 e. The summed E-state index contributed by atoms with van der Waals surface area (Å²) >= 11 is 2.59. The lowest BCUT2D eigenvalue weighted by Gasteiger charge is -2.22. The molecule has 0 fully saturated rings. The van der Waals surface area contributed by atoms with Gasteiger partial charge in [0.05, 0.1) is 12.1 Å². The molecule has 6 rings (SSSR count). The van der Waals surface area contributed by atoms with Crippen LogP contribution in [0.3, 0.4) is 0 Å². The average molecular weight is 763 g/mol. The minimum Gasteiger partial charge on any atom is -0.474 e. The Morgan fingerprint density at radius 1 is 0.680 bits per heavy atom. The number of hydrogen-bond donors (Lipinski definition) is 4. The van der Waals surface area contributed by atoms with Gasteiger partial charge in [-0.3, -0.25) is 19.2 Å². The van der Waals surface area contributed by atoms with Crippen molar-refractivity contribution in [3.63, 3.8) is 0 Å². The van der Waals surface area contributed by atoms with Gasteiger partial charge < -0.3 is 30.7 Å². The third-order valence-corrected chi connectivity index (χ3v) is 12.8. The number of aromatic nitrogens is 2. The molecule has 4 aliphatic rings. The Balaban J connectivity index is 1.42. The van der Waals surface area contributed by atoms with Gasteiger partial charge in [-0.05, 0) is 38.5 Å². The molecule has 18 heteroatoms. The molecule has 0 unspecified atom stereocenters. The first-order valence-electron chi connectivity index (χ1n) is 16.7. The fourth-order valence-electron chi connectivity index (χ4n) is 5.99. The maximum absolute atomic E-state index is 13.7. The quantitative estimate of drug-likeness (QED) is 0.335. The van der Waals surface area contributed by atoms with Gasteiger partial charge in [0.1, 0.15) is 45.7 Å². The van der Waals surface area contributed by atoms with Crippen molar-refractivity contribution >= 4 is 79.7 Å². The third-order valence-electron chi connectivity index (χ3n) is 8.48. The van der Waals surface area contributed by atoms with Gasteiger partial charge in [0.2, 0.25) is 23.6 Å². The number of aliphatic imine (C=N–C) groups is 2. The molecule has 50 heavy (non-hydrogen) atoms. The number of rotatable bonds is 4. The SMILES string of the molecule is CC(C)C[C@H]1NC(=O)[C@H]2N=C(O[C@@H]2C)[C@H]2CSSC[C@@H](NC(=O)c3csc1n3)C1=N[C@H](C(=O)N[C@H](CC(C)C)c3nc(cs3)C(=O)N2)[C@@H](C)O1. The lowest BCUT2D eigenvalue weighted by atomic mass is 10.0. The number of thiazole rings is 2. The van der Waals surface area contributed by atoms with Crippen LogP contribution < -0.4 is 21.3 Å². The lowest BCUT2D eigenvalue weighted by molar-refractivity contribution is -0.125. The summed E-state index contributed by atoms with van der Waals surface area (Å²) in [4.78, 5) is 73.5. The highest BCUT2D eigenvalue weighted by molar-refractivity contribution is 8.76. The molecule has 4 aliphatic heterocycles. The van der Waals surface area contributed by atoms with Gasteiger partial charge in [-0.15, -0.1) is 22.7 Å². The molecule has 2 aromatic heterocycles.